The number of hydrogen-bond donors (Lipinski definition) is 1. The molecule has 1 fully saturated rings. The first-order chi connectivity index (χ1) is 8.70. The smallest absolute Gasteiger partial charge is 0.303 e. The van der Waals surface area contributed by atoms with Gasteiger partial charge in [0.1, 0.15) is 11.6 Å². The van der Waals surface area contributed by atoms with E-state index in [2.05, 4.69) is 0 Å². The average molecular weight is 268 g/mol. The highest BCUT2D eigenvalue weighted by molar-refractivity contribution is 5.94. The van der Waals surface area contributed by atoms with Crippen LogP contribution in [0.15, 0.2) is 0 Å². The maximum Gasteiger partial charge on any atom is 0.303 e. The first-order valence-electron chi connectivity index (χ1n) is 6.99. The van der Waals surface area contributed by atoms with Gasteiger partial charge in [-0.15, -0.1) is 0 Å². The summed E-state index contributed by atoms with van der Waals surface area (Å²) < 4.78 is 0. The minimum Gasteiger partial charge on any atom is -0.481 e. The van der Waals surface area contributed by atoms with Crippen molar-refractivity contribution in [3.05, 3.63) is 0 Å². The van der Waals surface area contributed by atoms with Crippen LogP contribution >= 0.6 is 0 Å². The molecule has 3 atom stereocenters. The Hall–Kier alpha value is -1.19. The van der Waals surface area contributed by atoms with E-state index in [0.29, 0.717) is 12.8 Å². The average Bonchev–Trinajstić information content (AvgIpc) is 2.30. The van der Waals surface area contributed by atoms with Crippen LogP contribution in [0.4, 0.5) is 0 Å². The fourth-order valence-corrected chi connectivity index (χ4v) is 3.11. The maximum atomic E-state index is 12.5. The third-order valence-corrected chi connectivity index (χ3v) is 4.50. The standard InChI is InChI=1S/C15H24O4/c1-9(2)14(19)15(11(4)7-13(17)18)6-5-10(3)12(16)8-15/h9-11H,5-8H2,1-4H3,(H,17,18)/t10-,11?,15?/m1/s1. The molecular weight excluding hydrogens is 244 g/mol. The van der Waals surface area contributed by atoms with E-state index in [0.717, 1.165) is 0 Å². The third-order valence-electron chi connectivity index (χ3n) is 4.50. The molecule has 4 nitrogen and oxygen atoms in total. The van der Waals surface area contributed by atoms with Crippen LogP contribution in [-0.4, -0.2) is 22.6 Å². The predicted molar refractivity (Wildman–Crippen MR) is 71.7 cm³/mol. The van der Waals surface area contributed by atoms with Gasteiger partial charge in [0.05, 0.1) is 0 Å². The van der Waals surface area contributed by atoms with Gasteiger partial charge in [0.25, 0.3) is 0 Å². The summed E-state index contributed by atoms with van der Waals surface area (Å²) in [5, 5.41) is 8.97. The summed E-state index contributed by atoms with van der Waals surface area (Å²) in [6.45, 7) is 7.31. The predicted octanol–water partition coefficient (Wildman–Crippen LogP) is 2.70. The molecule has 0 saturated heterocycles. The lowest BCUT2D eigenvalue weighted by molar-refractivity contribution is -0.149. The summed E-state index contributed by atoms with van der Waals surface area (Å²) in [6.07, 6.45) is 1.46. The number of hydrogen-bond acceptors (Lipinski definition) is 3. The fraction of sp³-hybridized carbons (Fsp3) is 0.800. The Labute approximate surface area is 114 Å². The van der Waals surface area contributed by atoms with Gasteiger partial charge >= 0.3 is 5.97 Å². The molecule has 0 radical (unpaired) electrons. The number of carboxylic acid groups (broad SMARTS) is 1. The van der Waals surface area contributed by atoms with Gasteiger partial charge in [-0.05, 0) is 18.8 Å². The van der Waals surface area contributed by atoms with E-state index in [9.17, 15) is 14.4 Å². The molecule has 108 valence electrons. The zero-order valence-electron chi connectivity index (χ0n) is 12.2. The molecule has 0 spiro atoms. The van der Waals surface area contributed by atoms with Crippen LogP contribution in [0.1, 0.15) is 53.4 Å². The minimum atomic E-state index is -0.908. The van der Waals surface area contributed by atoms with Crippen molar-refractivity contribution < 1.29 is 19.5 Å². The number of rotatable bonds is 5. The van der Waals surface area contributed by atoms with Crippen LogP contribution in [0.3, 0.4) is 0 Å². The molecule has 2 unspecified atom stereocenters. The molecule has 4 heteroatoms. The highest BCUT2D eigenvalue weighted by atomic mass is 16.4. The topological polar surface area (TPSA) is 71.4 Å². The summed E-state index contributed by atoms with van der Waals surface area (Å²) in [7, 11) is 0. The zero-order chi connectivity index (χ0) is 14.8. The molecule has 0 aromatic heterocycles. The van der Waals surface area contributed by atoms with E-state index in [1.54, 1.807) is 6.92 Å². The largest absolute Gasteiger partial charge is 0.481 e. The van der Waals surface area contributed by atoms with Crippen molar-refractivity contribution in [3.8, 4) is 0 Å². The first-order valence-corrected chi connectivity index (χ1v) is 6.99. The molecule has 0 aromatic rings. The summed E-state index contributed by atoms with van der Waals surface area (Å²) in [5.41, 5.74) is -0.768. The molecule has 1 aliphatic rings. The van der Waals surface area contributed by atoms with Crippen LogP contribution in [0.2, 0.25) is 0 Å². The SMILES string of the molecule is CC(C)C(=O)C1(C(C)CC(=O)O)CC[C@@H](C)C(=O)C1. The Kier molecular flexibility index (Phi) is 4.88. The van der Waals surface area contributed by atoms with Crippen molar-refractivity contribution >= 4 is 17.5 Å². The normalized spacial score (nSPS) is 29.3. The number of ketones is 2. The summed E-state index contributed by atoms with van der Waals surface area (Å²) in [6, 6.07) is 0. The summed E-state index contributed by atoms with van der Waals surface area (Å²) >= 11 is 0. The second kappa shape index (κ2) is 5.85. The molecule has 0 heterocycles. The van der Waals surface area contributed by atoms with Gasteiger partial charge in [0.15, 0.2) is 0 Å². The van der Waals surface area contributed by atoms with Gasteiger partial charge in [-0.25, -0.2) is 0 Å². The monoisotopic (exact) mass is 268 g/mol. The van der Waals surface area contributed by atoms with Gasteiger partial charge in [0, 0.05) is 30.1 Å². The molecular formula is C15H24O4. The molecule has 1 N–H and O–H groups in total. The van der Waals surface area contributed by atoms with Crippen molar-refractivity contribution in [1.29, 1.82) is 0 Å². The van der Waals surface area contributed by atoms with E-state index in [-0.39, 0.29) is 42.2 Å². The molecule has 0 aliphatic heterocycles. The molecule has 19 heavy (non-hydrogen) atoms. The number of carboxylic acids is 1. The van der Waals surface area contributed by atoms with Crippen LogP contribution in [0.5, 0.6) is 0 Å². The molecule has 0 amide bonds. The van der Waals surface area contributed by atoms with Crippen LogP contribution in [0, 0.1) is 23.2 Å². The van der Waals surface area contributed by atoms with E-state index >= 15 is 0 Å². The molecule has 1 rings (SSSR count). The third kappa shape index (κ3) is 3.23. The van der Waals surface area contributed by atoms with E-state index in [4.69, 9.17) is 5.11 Å². The molecule has 1 aliphatic carbocycles. The second-order valence-electron chi connectivity index (χ2n) is 6.26. The van der Waals surface area contributed by atoms with Crippen LogP contribution in [-0.2, 0) is 14.4 Å². The number of carbonyl (C=O) groups excluding carboxylic acids is 2. The highest BCUT2D eigenvalue weighted by Gasteiger charge is 2.48. The molecule has 0 bridgehead atoms. The lowest BCUT2D eigenvalue weighted by Gasteiger charge is -2.42. The van der Waals surface area contributed by atoms with Gasteiger partial charge in [-0.1, -0.05) is 27.7 Å². The van der Waals surface area contributed by atoms with Crippen molar-refractivity contribution in [2.75, 3.05) is 0 Å². The zero-order valence-corrected chi connectivity index (χ0v) is 12.2. The van der Waals surface area contributed by atoms with Gasteiger partial charge in [-0.3, -0.25) is 14.4 Å². The van der Waals surface area contributed by atoms with Crippen molar-refractivity contribution in [1.82, 2.24) is 0 Å². The van der Waals surface area contributed by atoms with E-state index < -0.39 is 11.4 Å². The lowest BCUT2D eigenvalue weighted by atomic mass is 9.59. The van der Waals surface area contributed by atoms with Crippen molar-refractivity contribution in [3.63, 3.8) is 0 Å². The number of Topliss-reactive ketones (excluding diaryl/α,β-unsaturated/α-hetero) is 2. The van der Waals surface area contributed by atoms with Crippen LogP contribution < -0.4 is 0 Å². The van der Waals surface area contributed by atoms with Gasteiger partial charge in [-0.2, -0.15) is 0 Å². The Morgan fingerprint density at radius 2 is 1.95 bits per heavy atom. The number of aliphatic carboxylic acids is 1. The van der Waals surface area contributed by atoms with E-state index in [1.165, 1.54) is 0 Å². The summed E-state index contributed by atoms with van der Waals surface area (Å²) in [5.74, 6) is -1.24. The Morgan fingerprint density at radius 3 is 2.37 bits per heavy atom. The quantitative estimate of drug-likeness (QED) is 0.832. The van der Waals surface area contributed by atoms with E-state index in [1.807, 2.05) is 20.8 Å². The minimum absolute atomic E-state index is 0.00915. The maximum absolute atomic E-state index is 12.5. The van der Waals surface area contributed by atoms with Crippen LogP contribution in [0.25, 0.3) is 0 Å². The summed E-state index contributed by atoms with van der Waals surface area (Å²) in [4.78, 5) is 35.5. The lowest BCUT2D eigenvalue weighted by Crippen LogP contribution is -2.46. The second-order valence-corrected chi connectivity index (χ2v) is 6.26. The Bertz CT molecular complexity index is 386. The Morgan fingerprint density at radius 1 is 1.37 bits per heavy atom. The molecule has 1 saturated carbocycles. The molecule has 0 aromatic carbocycles. The highest BCUT2D eigenvalue weighted by Crippen LogP contribution is 2.46. The fourth-order valence-electron chi connectivity index (χ4n) is 3.11. The van der Waals surface area contributed by atoms with Gasteiger partial charge < -0.3 is 5.11 Å². The van der Waals surface area contributed by atoms with Gasteiger partial charge in [0.2, 0.25) is 0 Å². The first kappa shape index (κ1) is 15.9. The van der Waals surface area contributed by atoms with Crippen molar-refractivity contribution in [2.45, 2.75) is 53.4 Å². The van der Waals surface area contributed by atoms with Crippen molar-refractivity contribution in [2.24, 2.45) is 23.2 Å². The number of carbonyl (C=O) groups is 3. The Balaban J connectivity index is 3.07.